The Morgan fingerprint density at radius 3 is 2.56 bits per heavy atom. The van der Waals surface area contributed by atoms with Gasteiger partial charge in [-0.2, -0.15) is 0 Å². The third kappa shape index (κ3) is 3.44. The van der Waals surface area contributed by atoms with E-state index in [1.165, 1.54) is 47.0 Å². The Morgan fingerprint density at radius 1 is 0.963 bits per heavy atom. The van der Waals surface area contributed by atoms with Crippen molar-refractivity contribution in [3.8, 4) is 0 Å². The van der Waals surface area contributed by atoms with Crippen LogP contribution in [0.15, 0.2) is 30.6 Å². The second kappa shape index (κ2) is 7.38. The summed E-state index contributed by atoms with van der Waals surface area (Å²) in [7, 11) is 0. The molecule has 3 heterocycles. The Morgan fingerprint density at radius 2 is 1.74 bits per heavy atom. The Hall–Kier alpha value is -1.69. The van der Waals surface area contributed by atoms with Crippen LogP contribution in [0.2, 0.25) is 5.02 Å². The molecule has 0 spiro atoms. The van der Waals surface area contributed by atoms with Gasteiger partial charge in [0.2, 0.25) is 0 Å². The number of fused-ring (bicyclic) bond motifs is 3. The smallest absolute Gasteiger partial charge is 0.141 e. The predicted molar refractivity (Wildman–Crippen MR) is 113 cm³/mol. The van der Waals surface area contributed by atoms with Gasteiger partial charge in [-0.25, -0.2) is 9.97 Å². The lowest BCUT2D eigenvalue weighted by Gasteiger charge is -2.35. The van der Waals surface area contributed by atoms with Gasteiger partial charge in [-0.15, -0.1) is 11.3 Å². The number of aromatic nitrogens is 2. The summed E-state index contributed by atoms with van der Waals surface area (Å²) >= 11 is 7.88. The number of anilines is 1. The molecule has 0 atom stereocenters. The molecule has 1 fully saturated rings. The number of aryl methyl sites for hydroxylation is 2. The average Bonchev–Trinajstić information content (AvgIpc) is 3.09. The van der Waals surface area contributed by atoms with Crippen LogP contribution in [0, 0.1) is 0 Å². The van der Waals surface area contributed by atoms with Gasteiger partial charge in [0.05, 0.1) is 5.39 Å². The minimum absolute atomic E-state index is 0.801. The number of hydrogen-bond donors (Lipinski definition) is 0. The lowest BCUT2D eigenvalue weighted by Crippen LogP contribution is -2.46. The number of halogens is 1. The molecule has 0 amide bonds. The summed E-state index contributed by atoms with van der Waals surface area (Å²) in [4.78, 5) is 17.0. The van der Waals surface area contributed by atoms with Crippen molar-refractivity contribution in [2.75, 3.05) is 31.1 Å². The largest absolute Gasteiger partial charge is 0.353 e. The van der Waals surface area contributed by atoms with Crippen LogP contribution in [0.25, 0.3) is 10.2 Å². The first-order valence-electron chi connectivity index (χ1n) is 9.75. The number of rotatable bonds is 3. The van der Waals surface area contributed by atoms with E-state index in [2.05, 4.69) is 26.9 Å². The predicted octanol–water partition coefficient (Wildman–Crippen LogP) is 4.55. The van der Waals surface area contributed by atoms with Gasteiger partial charge in [-0.1, -0.05) is 23.7 Å². The maximum atomic E-state index is 6.00. The monoisotopic (exact) mass is 398 g/mol. The molecule has 0 saturated carbocycles. The van der Waals surface area contributed by atoms with E-state index in [1.807, 2.05) is 23.5 Å². The van der Waals surface area contributed by atoms with Crippen molar-refractivity contribution >= 4 is 39.0 Å². The Balaban J connectivity index is 1.33. The summed E-state index contributed by atoms with van der Waals surface area (Å²) < 4.78 is 0. The maximum Gasteiger partial charge on any atom is 0.141 e. The molecule has 3 aromatic rings. The van der Waals surface area contributed by atoms with Crippen molar-refractivity contribution in [1.82, 2.24) is 14.9 Å². The minimum atomic E-state index is 0.801. The van der Waals surface area contributed by atoms with Gasteiger partial charge < -0.3 is 4.90 Å². The van der Waals surface area contributed by atoms with Gasteiger partial charge in [0.15, 0.2) is 0 Å². The van der Waals surface area contributed by atoms with E-state index in [1.54, 1.807) is 11.2 Å². The second-order valence-electron chi connectivity index (χ2n) is 7.48. The van der Waals surface area contributed by atoms with Gasteiger partial charge in [0, 0.05) is 42.6 Å². The van der Waals surface area contributed by atoms with E-state index in [0.29, 0.717) is 0 Å². The molecule has 1 aromatic carbocycles. The van der Waals surface area contributed by atoms with Crippen LogP contribution < -0.4 is 4.90 Å². The SMILES string of the molecule is Clc1ccc(CN2CCN(c3ncnc4sc5c(c34)CCCC5)CC2)cc1. The van der Waals surface area contributed by atoms with E-state index < -0.39 is 0 Å². The summed E-state index contributed by atoms with van der Waals surface area (Å²) in [5.41, 5.74) is 2.85. The number of hydrogen-bond acceptors (Lipinski definition) is 5. The summed E-state index contributed by atoms with van der Waals surface area (Å²) in [5.74, 6) is 1.16. The Bertz CT molecular complexity index is 945. The molecule has 1 aliphatic heterocycles. The number of thiophene rings is 1. The van der Waals surface area contributed by atoms with Crippen LogP contribution in [0.5, 0.6) is 0 Å². The molecule has 5 rings (SSSR count). The quantitative estimate of drug-likeness (QED) is 0.648. The zero-order chi connectivity index (χ0) is 18.2. The fourth-order valence-corrected chi connectivity index (χ4v) is 5.63. The second-order valence-corrected chi connectivity index (χ2v) is 9.00. The number of piperazine rings is 1. The Labute approximate surface area is 168 Å². The van der Waals surface area contributed by atoms with Crippen molar-refractivity contribution < 1.29 is 0 Å². The Kier molecular flexibility index (Phi) is 4.76. The normalized spacial score (nSPS) is 18.0. The maximum absolute atomic E-state index is 6.00. The molecular formula is C21H23ClN4S. The zero-order valence-electron chi connectivity index (χ0n) is 15.3. The fraction of sp³-hybridized carbons (Fsp3) is 0.429. The topological polar surface area (TPSA) is 32.3 Å². The molecule has 0 radical (unpaired) electrons. The van der Waals surface area contributed by atoms with Gasteiger partial charge in [-0.05, 0) is 48.9 Å². The van der Waals surface area contributed by atoms with E-state index >= 15 is 0 Å². The molecule has 140 valence electrons. The molecule has 6 heteroatoms. The van der Waals surface area contributed by atoms with Crippen LogP contribution in [0.3, 0.4) is 0 Å². The molecule has 0 N–H and O–H groups in total. The first kappa shape index (κ1) is 17.4. The highest BCUT2D eigenvalue weighted by molar-refractivity contribution is 7.19. The molecule has 27 heavy (non-hydrogen) atoms. The van der Waals surface area contributed by atoms with Gasteiger partial charge in [0.1, 0.15) is 17.0 Å². The van der Waals surface area contributed by atoms with Crippen LogP contribution >= 0.6 is 22.9 Å². The van der Waals surface area contributed by atoms with Crippen LogP contribution in [-0.2, 0) is 19.4 Å². The van der Waals surface area contributed by atoms with Crippen molar-refractivity contribution in [3.05, 3.63) is 51.6 Å². The van der Waals surface area contributed by atoms with Crippen LogP contribution in [0.1, 0.15) is 28.8 Å². The molecule has 1 aliphatic carbocycles. The number of nitrogens with zero attached hydrogens (tertiary/aromatic N) is 4. The van der Waals surface area contributed by atoms with Gasteiger partial charge >= 0.3 is 0 Å². The highest BCUT2D eigenvalue weighted by Crippen LogP contribution is 2.39. The fourth-order valence-electron chi connectivity index (χ4n) is 4.28. The lowest BCUT2D eigenvalue weighted by atomic mass is 9.97. The van der Waals surface area contributed by atoms with Crippen molar-refractivity contribution in [3.63, 3.8) is 0 Å². The van der Waals surface area contributed by atoms with Crippen molar-refractivity contribution in [2.24, 2.45) is 0 Å². The first-order valence-corrected chi connectivity index (χ1v) is 10.9. The van der Waals surface area contributed by atoms with Gasteiger partial charge in [-0.3, -0.25) is 4.90 Å². The average molecular weight is 399 g/mol. The standard InChI is InChI=1S/C21H23ClN4S/c22-16-7-5-15(6-8-16)13-25-9-11-26(12-10-25)20-19-17-3-1-2-4-18(17)27-21(19)24-14-23-20/h5-8,14H,1-4,9-13H2. The van der Waals surface area contributed by atoms with Crippen molar-refractivity contribution in [2.45, 2.75) is 32.2 Å². The highest BCUT2D eigenvalue weighted by atomic mass is 35.5. The third-order valence-electron chi connectivity index (χ3n) is 5.72. The van der Waals surface area contributed by atoms with Crippen molar-refractivity contribution in [1.29, 1.82) is 0 Å². The van der Waals surface area contributed by atoms with Crippen LogP contribution in [0.4, 0.5) is 5.82 Å². The summed E-state index contributed by atoms with van der Waals surface area (Å²) in [6.45, 7) is 5.13. The highest BCUT2D eigenvalue weighted by Gasteiger charge is 2.24. The zero-order valence-corrected chi connectivity index (χ0v) is 16.9. The molecule has 4 nitrogen and oxygen atoms in total. The molecule has 0 unspecified atom stereocenters. The molecule has 1 saturated heterocycles. The molecule has 2 aromatic heterocycles. The molecule has 0 bridgehead atoms. The summed E-state index contributed by atoms with van der Waals surface area (Å²) in [5, 5.41) is 2.14. The summed E-state index contributed by atoms with van der Waals surface area (Å²) in [6, 6.07) is 8.20. The molecule has 2 aliphatic rings. The van der Waals surface area contributed by atoms with Crippen LogP contribution in [-0.4, -0.2) is 41.0 Å². The minimum Gasteiger partial charge on any atom is -0.353 e. The summed E-state index contributed by atoms with van der Waals surface area (Å²) in [6.07, 6.45) is 6.75. The van der Waals surface area contributed by atoms with E-state index in [-0.39, 0.29) is 0 Å². The third-order valence-corrected chi connectivity index (χ3v) is 7.17. The molecular weight excluding hydrogens is 376 g/mol. The van der Waals surface area contributed by atoms with Gasteiger partial charge in [0.25, 0.3) is 0 Å². The van der Waals surface area contributed by atoms with E-state index in [9.17, 15) is 0 Å². The van der Waals surface area contributed by atoms with E-state index in [0.717, 1.165) is 43.6 Å². The lowest BCUT2D eigenvalue weighted by molar-refractivity contribution is 0.249. The number of benzene rings is 1. The van der Waals surface area contributed by atoms with E-state index in [4.69, 9.17) is 16.6 Å². The first-order chi connectivity index (χ1) is 13.3.